The van der Waals surface area contributed by atoms with Gasteiger partial charge in [-0.15, -0.1) is 24.0 Å². The van der Waals surface area contributed by atoms with E-state index >= 15 is 0 Å². The molecular formula is C14H16I2O. The monoisotopic (exact) mass is 454 g/mol. The zero-order valence-electron chi connectivity index (χ0n) is 9.63. The number of hydrogen-bond donors (Lipinski definition) is 0. The zero-order chi connectivity index (χ0) is 11.2. The number of benzene rings is 2. The molecule has 0 aromatic heterocycles. The molecule has 0 fully saturated rings. The molecule has 0 heterocycles. The summed E-state index contributed by atoms with van der Waals surface area (Å²) in [7, 11) is 1.70. The molecule has 1 nitrogen and oxygen atoms in total. The summed E-state index contributed by atoms with van der Waals surface area (Å²) in [6, 6.07) is 19.2. The van der Waals surface area contributed by atoms with Gasteiger partial charge in [-0.25, -0.2) is 0 Å². The Morgan fingerprint density at radius 1 is 0.941 bits per heavy atom. The first-order valence-electron chi connectivity index (χ1n) is 5.19. The number of methoxy groups -OCH3 is 1. The largest absolute Gasteiger partial charge is 0.107 e. The fourth-order valence-corrected chi connectivity index (χ4v) is 3.90. The van der Waals surface area contributed by atoms with Gasteiger partial charge in [0.25, 0.3) is 0 Å². The normalized spacial score (nSPS) is 9.71. The van der Waals surface area contributed by atoms with Crippen molar-refractivity contribution >= 4 is 45.2 Å². The Hall–Kier alpha value is -0.300. The van der Waals surface area contributed by atoms with Crippen molar-refractivity contribution in [2.75, 3.05) is 7.11 Å². The SMILES string of the molecule is COc1ccc(C[IH]c2ccccc2)cc1.I. The van der Waals surface area contributed by atoms with E-state index in [1.165, 1.54) is 13.6 Å². The van der Waals surface area contributed by atoms with Crippen LogP contribution in [-0.2, 0) is 4.43 Å². The fraction of sp³-hybridized carbons (Fsp3) is 0.143. The summed E-state index contributed by atoms with van der Waals surface area (Å²) in [6.07, 6.45) is 0. The molecule has 0 spiro atoms. The molecule has 92 valence electrons. The third-order valence-electron chi connectivity index (χ3n) is 2.31. The van der Waals surface area contributed by atoms with Crippen molar-refractivity contribution in [1.82, 2.24) is 0 Å². The summed E-state index contributed by atoms with van der Waals surface area (Å²) in [4.78, 5) is 0. The van der Waals surface area contributed by atoms with Crippen LogP contribution in [0.3, 0.4) is 0 Å². The van der Waals surface area contributed by atoms with Crippen LogP contribution in [0.15, 0.2) is 54.6 Å². The summed E-state index contributed by atoms with van der Waals surface area (Å²) in [5.41, 5.74) is 1.41. The van der Waals surface area contributed by atoms with Gasteiger partial charge in [-0.05, 0) is 0 Å². The quantitative estimate of drug-likeness (QED) is 0.493. The molecule has 0 N–H and O–H groups in total. The van der Waals surface area contributed by atoms with E-state index in [0.717, 1.165) is 5.75 Å². The summed E-state index contributed by atoms with van der Waals surface area (Å²) in [5, 5.41) is 0. The Morgan fingerprint density at radius 2 is 1.59 bits per heavy atom. The molecule has 0 aliphatic heterocycles. The first kappa shape index (κ1) is 14.8. The van der Waals surface area contributed by atoms with Gasteiger partial charge in [-0.3, -0.25) is 0 Å². The number of hydrogen-bond acceptors (Lipinski definition) is 1. The van der Waals surface area contributed by atoms with Gasteiger partial charge in [0.05, 0.1) is 0 Å². The van der Waals surface area contributed by atoms with E-state index in [1.807, 2.05) is 12.1 Å². The fourth-order valence-electron chi connectivity index (χ4n) is 1.41. The molecule has 0 saturated carbocycles. The molecule has 2 aromatic rings. The van der Waals surface area contributed by atoms with Crippen LogP contribution in [0.5, 0.6) is 5.75 Å². The third-order valence-corrected chi connectivity index (χ3v) is 5.40. The summed E-state index contributed by atoms with van der Waals surface area (Å²) in [6.45, 7) is 0. The molecule has 0 atom stereocenters. The second-order valence-corrected chi connectivity index (χ2v) is 6.44. The van der Waals surface area contributed by atoms with Crippen LogP contribution < -0.4 is 4.74 Å². The number of halogens is 2. The van der Waals surface area contributed by atoms with Gasteiger partial charge in [0.1, 0.15) is 0 Å². The van der Waals surface area contributed by atoms with E-state index in [0.29, 0.717) is 0 Å². The van der Waals surface area contributed by atoms with E-state index in [4.69, 9.17) is 4.74 Å². The maximum atomic E-state index is 5.14. The van der Waals surface area contributed by atoms with Gasteiger partial charge >= 0.3 is 107 Å². The first-order valence-corrected chi connectivity index (χ1v) is 8.00. The van der Waals surface area contributed by atoms with E-state index in [-0.39, 0.29) is 45.2 Å². The minimum atomic E-state index is -0.0885. The summed E-state index contributed by atoms with van der Waals surface area (Å²) in [5.74, 6) is 0.934. The molecule has 0 saturated heterocycles. The Morgan fingerprint density at radius 3 is 2.18 bits per heavy atom. The minimum Gasteiger partial charge on any atom is -0.107 e. The van der Waals surface area contributed by atoms with Crippen molar-refractivity contribution in [2.45, 2.75) is 4.43 Å². The molecule has 0 bridgehead atoms. The molecule has 0 radical (unpaired) electrons. The van der Waals surface area contributed by atoms with Crippen LogP contribution in [0.25, 0.3) is 0 Å². The van der Waals surface area contributed by atoms with E-state index in [9.17, 15) is 0 Å². The van der Waals surface area contributed by atoms with Gasteiger partial charge in [-0.2, -0.15) is 0 Å². The van der Waals surface area contributed by atoms with Crippen molar-refractivity contribution in [1.29, 1.82) is 0 Å². The van der Waals surface area contributed by atoms with Crippen molar-refractivity contribution in [2.24, 2.45) is 0 Å². The van der Waals surface area contributed by atoms with Crippen LogP contribution in [0.2, 0.25) is 0 Å². The Balaban J connectivity index is 0.00000144. The zero-order valence-corrected chi connectivity index (χ0v) is 14.3. The molecule has 0 aliphatic rings. The van der Waals surface area contributed by atoms with Crippen LogP contribution >= 0.6 is 45.2 Å². The Labute approximate surface area is 130 Å². The topological polar surface area (TPSA) is 9.23 Å². The van der Waals surface area contributed by atoms with E-state index in [1.54, 1.807) is 7.11 Å². The summed E-state index contributed by atoms with van der Waals surface area (Å²) < 4.78 is 7.87. The summed E-state index contributed by atoms with van der Waals surface area (Å²) >= 11 is -0.0885. The molecular weight excluding hydrogens is 438 g/mol. The van der Waals surface area contributed by atoms with Gasteiger partial charge in [0.15, 0.2) is 0 Å². The number of ether oxygens (including phenoxy) is 1. The molecule has 0 amide bonds. The van der Waals surface area contributed by atoms with E-state index in [2.05, 4.69) is 42.5 Å². The minimum absolute atomic E-state index is 0. The van der Waals surface area contributed by atoms with Gasteiger partial charge in [0.2, 0.25) is 0 Å². The standard InChI is InChI=1S/C14H15IO.HI/c1-16-14-9-7-12(8-10-14)11-15-13-5-3-2-4-6-13;/h2-10,15H,11H2,1H3;1H. The van der Waals surface area contributed by atoms with Crippen LogP contribution in [0.4, 0.5) is 0 Å². The first-order chi connectivity index (χ1) is 7.88. The molecule has 3 heteroatoms. The van der Waals surface area contributed by atoms with Crippen molar-refractivity contribution in [3.63, 3.8) is 0 Å². The van der Waals surface area contributed by atoms with E-state index < -0.39 is 0 Å². The second-order valence-electron chi connectivity index (χ2n) is 3.45. The predicted octanol–water partition coefficient (Wildman–Crippen LogP) is 4.39. The number of alkyl halides is 1. The third kappa shape index (κ3) is 4.83. The van der Waals surface area contributed by atoms with Gasteiger partial charge in [0, 0.05) is 0 Å². The average Bonchev–Trinajstić information content (AvgIpc) is 2.38. The Bertz CT molecular complexity index is 426. The van der Waals surface area contributed by atoms with Gasteiger partial charge < -0.3 is 0 Å². The van der Waals surface area contributed by atoms with Crippen molar-refractivity contribution < 1.29 is 4.74 Å². The maximum absolute atomic E-state index is 5.14. The number of rotatable bonds is 4. The van der Waals surface area contributed by atoms with Gasteiger partial charge in [-0.1, -0.05) is 0 Å². The molecule has 2 aromatic carbocycles. The van der Waals surface area contributed by atoms with Crippen LogP contribution in [0, 0.1) is 3.57 Å². The second kappa shape index (κ2) is 7.92. The average molecular weight is 454 g/mol. The molecule has 0 unspecified atom stereocenters. The smallest absolute Gasteiger partial charge is 0.107 e. The molecule has 17 heavy (non-hydrogen) atoms. The van der Waals surface area contributed by atoms with Crippen LogP contribution in [0.1, 0.15) is 5.56 Å². The predicted molar refractivity (Wildman–Crippen MR) is 92.7 cm³/mol. The maximum Gasteiger partial charge on any atom is -0.107 e. The molecule has 2 rings (SSSR count). The van der Waals surface area contributed by atoms with Crippen molar-refractivity contribution in [3.8, 4) is 5.75 Å². The van der Waals surface area contributed by atoms with Crippen molar-refractivity contribution in [3.05, 3.63) is 63.7 Å². The van der Waals surface area contributed by atoms with Crippen LogP contribution in [-0.4, -0.2) is 7.11 Å². The Kier molecular flexibility index (Phi) is 6.87. The molecule has 0 aliphatic carbocycles.